The van der Waals surface area contributed by atoms with Crippen molar-refractivity contribution in [2.75, 3.05) is 11.1 Å². The van der Waals surface area contributed by atoms with Crippen LogP contribution >= 0.6 is 11.6 Å². The lowest BCUT2D eigenvalue weighted by Gasteiger charge is -2.12. The van der Waals surface area contributed by atoms with Crippen LogP contribution in [0.15, 0.2) is 34.9 Å². The van der Waals surface area contributed by atoms with Gasteiger partial charge in [0.1, 0.15) is 16.7 Å². The topological polar surface area (TPSA) is 64.1 Å². The Kier molecular flexibility index (Phi) is 3.01. The van der Waals surface area contributed by atoms with Crippen LogP contribution in [-0.4, -0.2) is 4.98 Å². The Bertz CT molecular complexity index is 450. The summed E-state index contributed by atoms with van der Waals surface area (Å²) < 4.78 is 5.27. The summed E-state index contributed by atoms with van der Waals surface area (Å²) in [5.74, 6) is 1.47. The van der Waals surface area contributed by atoms with Gasteiger partial charge in [0.15, 0.2) is 0 Å². The molecule has 0 radical (unpaired) electrons. The van der Waals surface area contributed by atoms with E-state index in [0.717, 1.165) is 5.76 Å². The maximum Gasteiger partial charge on any atom is 0.133 e. The predicted molar refractivity (Wildman–Crippen MR) is 64.4 cm³/mol. The second kappa shape index (κ2) is 4.45. The standard InChI is InChI=1S/C11H12ClN3O/c1-7(9-3-2-4-16-9)14-11-6-8(13)5-10(12)15-11/h2-7H,1H3,(H3,13,14,15). The van der Waals surface area contributed by atoms with Crippen molar-refractivity contribution in [2.45, 2.75) is 13.0 Å². The van der Waals surface area contributed by atoms with E-state index < -0.39 is 0 Å². The molecule has 0 saturated carbocycles. The highest BCUT2D eigenvalue weighted by Crippen LogP contribution is 2.21. The Morgan fingerprint density at radius 2 is 2.31 bits per heavy atom. The van der Waals surface area contributed by atoms with E-state index in [2.05, 4.69) is 10.3 Å². The average Bonchev–Trinajstić information content (AvgIpc) is 2.68. The monoisotopic (exact) mass is 237 g/mol. The van der Waals surface area contributed by atoms with Crippen LogP contribution in [0.25, 0.3) is 0 Å². The van der Waals surface area contributed by atoms with Crippen LogP contribution in [-0.2, 0) is 0 Å². The summed E-state index contributed by atoms with van der Waals surface area (Å²) in [6.45, 7) is 1.97. The normalized spacial score (nSPS) is 12.4. The van der Waals surface area contributed by atoms with Crippen LogP contribution in [0, 0.1) is 0 Å². The van der Waals surface area contributed by atoms with Gasteiger partial charge in [0.2, 0.25) is 0 Å². The molecule has 0 saturated heterocycles. The van der Waals surface area contributed by atoms with Gasteiger partial charge in [0.05, 0.1) is 12.3 Å². The Labute approximate surface area is 98.4 Å². The SMILES string of the molecule is CC(Nc1cc(N)cc(Cl)n1)c1ccco1. The number of nitrogens with two attached hydrogens (primary N) is 1. The number of nitrogen functional groups attached to an aromatic ring is 1. The van der Waals surface area contributed by atoms with Crippen LogP contribution in [0.3, 0.4) is 0 Å². The summed E-state index contributed by atoms with van der Waals surface area (Å²) >= 11 is 5.80. The molecule has 0 amide bonds. The van der Waals surface area contributed by atoms with Crippen LogP contribution in [0.5, 0.6) is 0 Å². The van der Waals surface area contributed by atoms with Crippen molar-refractivity contribution in [2.24, 2.45) is 0 Å². The van der Waals surface area contributed by atoms with Crippen LogP contribution in [0.2, 0.25) is 5.15 Å². The highest BCUT2D eigenvalue weighted by Gasteiger charge is 2.09. The van der Waals surface area contributed by atoms with Gasteiger partial charge in [-0.3, -0.25) is 0 Å². The van der Waals surface area contributed by atoms with Gasteiger partial charge in [-0.15, -0.1) is 0 Å². The van der Waals surface area contributed by atoms with Gasteiger partial charge in [-0.05, 0) is 25.1 Å². The van der Waals surface area contributed by atoms with E-state index in [9.17, 15) is 0 Å². The maximum atomic E-state index is 5.80. The summed E-state index contributed by atoms with van der Waals surface area (Å²) in [5.41, 5.74) is 6.24. The molecule has 0 aliphatic rings. The van der Waals surface area contributed by atoms with Crippen molar-refractivity contribution in [1.29, 1.82) is 0 Å². The molecule has 5 heteroatoms. The predicted octanol–water partition coefficient (Wildman–Crippen LogP) is 3.08. The molecule has 2 aromatic heterocycles. The van der Waals surface area contributed by atoms with Crippen LogP contribution in [0.4, 0.5) is 11.5 Å². The molecule has 0 aliphatic carbocycles. The summed E-state index contributed by atoms with van der Waals surface area (Å²) in [6.07, 6.45) is 1.63. The number of hydrogen-bond donors (Lipinski definition) is 2. The van der Waals surface area contributed by atoms with Gasteiger partial charge >= 0.3 is 0 Å². The molecule has 0 aromatic carbocycles. The molecular formula is C11H12ClN3O. The third-order valence-electron chi connectivity index (χ3n) is 2.15. The molecular weight excluding hydrogens is 226 g/mol. The summed E-state index contributed by atoms with van der Waals surface area (Å²) in [4.78, 5) is 4.12. The molecule has 2 heterocycles. The highest BCUT2D eigenvalue weighted by molar-refractivity contribution is 6.29. The molecule has 84 valence electrons. The van der Waals surface area contributed by atoms with Gasteiger partial charge in [0, 0.05) is 11.8 Å². The highest BCUT2D eigenvalue weighted by atomic mass is 35.5. The van der Waals surface area contributed by atoms with E-state index in [1.165, 1.54) is 0 Å². The molecule has 1 unspecified atom stereocenters. The van der Waals surface area contributed by atoms with Gasteiger partial charge in [-0.2, -0.15) is 0 Å². The number of halogens is 1. The van der Waals surface area contributed by atoms with Gasteiger partial charge in [-0.1, -0.05) is 11.6 Å². The summed E-state index contributed by atoms with van der Waals surface area (Å²) in [6, 6.07) is 7.08. The zero-order chi connectivity index (χ0) is 11.5. The van der Waals surface area contributed by atoms with Crippen LogP contribution < -0.4 is 11.1 Å². The molecule has 2 rings (SSSR count). The summed E-state index contributed by atoms with van der Waals surface area (Å²) in [7, 11) is 0. The number of hydrogen-bond acceptors (Lipinski definition) is 4. The molecule has 16 heavy (non-hydrogen) atoms. The lowest BCUT2D eigenvalue weighted by Crippen LogP contribution is -2.07. The van der Waals surface area contributed by atoms with E-state index in [1.807, 2.05) is 19.1 Å². The van der Waals surface area contributed by atoms with Crippen molar-refractivity contribution in [3.63, 3.8) is 0 Å². The number of nitrogens with one attached hydrogen (secondary N) is 1. The fraction of sp³-hybridized carbons (Fsp3) is 0.182. The zero-order valence-electron chi connectivity index (χ0n) is 8.77. The van der Waals surface area contributed by atoms with E-state index in [4.69, 9.17) is 21.8 Å². The second-order valence-corrected chi connectivity index (χ2v) is 3.88. The first-order chi connectivity index (χ1) is 7.65. The Morgan fingerprint density at radius 3 is 2.94 bits per heavy atom. The molecule has 3 N–H and O–H groups in total. The Morgan fingerprint density at radius 1 is 1.50 bits per heavy atom. The van der Waals surface area contributed by atoms with Gasteiger partial charge in [0.25, 0.3) is 0 Å². The van der Waals surface area contributed by atoms with Crippen molar-refractivity contribution in [3.8, 4) is 0 Å². The maximum absolute atomic E-state index is 5.80. The molecule has 0 aliphatic heterocycles. The fourth-order valence-electron chi connectivity index (χ4n) is 1.42. The third-order valence-corrected chi connectivity index (χ3v) is 2.34. The molecule has 1 atom stereocenters. The quantitative estimate of drug-likeness (QED) is 0.806. The number of aromatic nitrogens is 1. The van der Waals surface area contributed by atoms with Crippen molar-refractivity contribution < 1.29 is 4.42 Å². The van der Waals surface area contributed by atoms with E-state index in [0.29, 0.717) is 16.7 Å². The van der Waals surface area contributed by atoms with Gasteiger partial charge in [-0.25, -0.2) is 4.98 Å². The van der Waals surface area contributed by atoms with Crippen molar-refractivity contribution in [1.82, 2.24) is 4.98 Å². The minimum Gasteiger partial charge on any atom is -0.467 e. The van der Waals surface area contributed by atoms with E-state index >= 15 is 0 Å². The molecule has 0 fully saturated rings. The number of nitrogens with zero attached hydrogens (tertiary/aromatic N) is 1. The zero-order valence-corrected chi connectivity index (χ0v) is 9.53. The fourth-order valence-corrected chi connectivity index (χ4v) is 1.64. The first-order valence-electron chi connectivity index (χ1n) is 4.88. The molecule has 4 nitrogen and oxygen atoms in total. The van der Waals surface area contributed by atoms with Crippen molar-refractivity contribution >= 4 is 23.1 Å². The lowest BCUT2D eigenvalue weighted by molar-refractivity contribution is 0.490. The number of furan rings is 1. The smallest absolute Gasteiger partial charge is 0.133 e. The Balaban J connectivity index is 2.15. The van der Waals surface area contributed by atoms with Crippen molar-refractivity contribution in [3.05, 3.63) is 41.4 Å². The second-order valence-electron chi connectivity index (χ2n) is 3.49. The molecule has 0 spiro atoms. The van der Waals surface area contributed by atoms with E-state index in [-0.39, 0.29) is 6.04 Å². The van der Waals surface area contributed by atoms with E-state index in [1.54, 1.807) is 18.4 Å². The first kappa shape index (κ1) is 10.8. The first-order valence-corrected chi connectivity index (χ1v) is 5.26. The number of anilines is 2. The Hall–Kier alpha value is -1.68. The number of rotatable bonds is 3. The summed E-state index contributed by atoms with van der Waals surface area (Å²) in [5, 5.41) is 3.53. The molecule has 0 bridgehead atoms. The average molecular weight is 238 g/mol. The molecule has 2 aromatic rings. The minimum absolute atomic E-state index is 0.0142. The largest absolute Gasteiger partial charge is 0.467 e. The van der Waals surface area contributed by atoms with Crippen LogP contribution in [0.1, 0.15) is 18.7 Å². The lowest BCUT2D eigenvalue weighted by atomic mass is 10.2. The third kappa shape index (κ3) is 2.46. The minimum atomic E-state index is 0.0142. The number of pyridine rings is 1. The van der Waals surface area contributed by atoms with Gasteiger partial charge < -0.3 is 15.5 Å².